The molecule has 2 rings (SSSR count). The van der Waals surface area contributed by atoms with E-state index in [2.05, 4.69) is 0 Å². The lowest BCUT2D eigenvalue weighted by molar-refractivity contribution is -0.152. The van der Waals surface area contributed by atoms with Crippen molar-refractivity contribution >= 4 is 11.9 Å². The first-order valence-electron chi connectivity index (χ1n) is 7.17. The first-order valence-corrected chi connectivity index (χ1v) is 7.17. The lowest BCUT2D eigenvalue weighted by Crippen LogP contribution is -2.47. The number of hydrogen-bond acceptors (Lipinski definition) is 3. The molecule has 1 saturated carbocycles. The molecule has 2 aliphatic carbocycles. The van der Waals surface area contributed by atoms with Crippen LogP contribution in [0.5, 0.6) is 0 Å². The Labute approximate surface area is 119 Å². The van der Waals surface area contributed by atoms with Gasteiger partial charge in [0, 0.05) is 13.1 Å². The van der Waals surface area contributed by atoms with Crippen LogP contribution in [-0.2, 0) is 9.59 Å². The van der Waals surface area contributed by atoms with Crippen LogP contribution in [0, 0.1) is 23.7 Å². The third-order valence-electron chi connectivity index (χ3n) is 4.30. The Morgan fingerprint density at radius 2 is 1.80 bits per heavy atom. The first kappa shape index (κ1) is 15.0. The van der Waals surface area contributed by atoms with E-state index in [0.717, 1.165) is 6.42 Å². The highest BCUT2D eigenvalue weighted by molar-refractivity contribution is 5.87. The molecule has 2 unspecified atom stereocenters. The van der Waals surface area contributed by atoms with Gasteiger partial charge in [-0.05, 0) is 39.0 Å². The van der Waals surface area contributed by atoms with Crippen LogP contribution in [0.25, 0.3) is 0 Å². The molecule has 20 heavy (non-hydrogen) atoms. The van der Waals surface area contributed by atoms with E-state index in [0.29, 0.717) is 6.54 Å². The highest BCUT2D eigenvalue weighted by atomic mass is 16.4. The number of aliphatic hydroxyl groups is 1. The molecule has 2 bridgehead atoms. The molecule has 5 nitrogen and oxygen atoms in total. The molecular weight excluding hydrogens is 258 g/mol. The number of carboxylic acids is 1. The molecule has 1 fully saturated rings. The van der Waals surface area contributed by atoms with Crippen LogP contribution >= 0.6 is 0 Å². The molecule has 5 heteroatoms. The molecule has 0 aromatic carbocycles. The topological polar surface area (TPSA) is 77.8 Å². The summed E-state index contributed by atoms with van der Waals surface area (Å²) in [6.07, 6.45) is 4.66. The summed E-state index contributed by atoms with van der Waals surface area (Å²) in [4.78, 5) is 25.7. The van der Waals surface area contributed by atoms with Crippen molar-refractivity contribution in [3.63, 3.8) is 0 Å². The van der Waals surface area contributed by atoms with Crippen molar-refractivity contribution in [2.45, 2.75) is 32.8 Å². The van der Waals surface area contributed by atoms with E-state index in [1.807, 2.05) is 19.1 Å². The number of carbonyl (C=O) groups is 2. The fraction of sp³-hybridized carbons (Fsp3) is 0.733. The standard InChI is InChI=1S/C15H23NO4/c1-4-16(8-15(2,3)20)13(17)11-9-5-6-10(7-9)12(11)14(18)19/h5-6,9-12,20H,4,7-8H2,1-3H3,(H,18,19)/t9?,10?,11-,12+/m0/s1. The van der Waals surface area contributed by atoms with E-state index in [9.17, 15) is 19.8 Å². The van der Waals surface area contributed by atoms with E-state index >= 15 is 0 Å². The Kier molecular flexibility index (Phi) is 3.91. The van der Waals surface area contributed by atoms with Gasteiger partial charge in [-0.1, -0.05) is 12.2 Å². The zero-order valence-corrected chi connectivity index (χ0v) is 12.2. The van der Waals surface area contributed by atoms with Crippen molar-refractivity contribution in [1.29, 1.82) is 0 Å². The highest BCUT2D eigenvalue weighted by Gasteiger charge is 2.52. The largest absolute Gasteiger partial charge is 0.481 e. The first-order chi connectivity index (χ1) is 9.24. The summed E-state index contributed by atoms with van der Waals surface area (Å²) in [7, 11) is 0. The third kappa shape index (κ3) is 2.73. The van der Waals surface area contributed by atoms with Gasteiger partial charge in [0.2, 0.25) is 5.91 Å². The summed E-state index contributed by atoms with van der Waals surface area (Å²) >= 11 is 0. The van der Waals surface area contributed by atoms with Crippen molar-refractivity contribution in [3.8, 4) is 0 Å². The Balaban J connectivity index is 2.18. The van der Waals surface area contributed by atoms with Crippen molar-refractivity contribution in [3.05, 3.63) is 12.2 Å². The molecule has 0 aromatic rings. The van der Waals surface area contributed by atoms with Crippen LogP contribution in [0.4, 0.5) is 0 Å². The van der Waals surface area contributed by atoms with Crippen molar-refractivity contribution in [2.75, 3.05) is 13.1 Å². The number of nitrogens with zero attached hydrogens (tertiary/aromatic N) is 1. The molecule has 1 amide bonds. The number of carbonyl (C=O) groups excluding carboxylic acids is 1. The number of amides is 1. The van der Waals surface area contributed by atoms with Gasteiger partial charge < -0.3 is 15.1 Å². The predicted molar refractivity (Wildman–Crippen MR) is 73.9 cm³/mol. The fourth-order valence-corrected chi connectivity index (χ4v) is 3.52. The number of rotatable bonds is 5. The van der Waals surface area contributed by atoms with E-state index in [1.165, 1.54) is 0 Å². The minimum atomic E-state index is -0.974. The van der Waals surface area contributed by atoms with Gasteiger partial charge in [-0.25, -0.2) is 0 Å². The maximum atomic E-state index is 12.7. The number of allylic oxidation sites excluding steroid dienone is 2. The molecule has 0 aromatic heterocycles. The van der Waals surface area contributed by atoms with Crippen LogP contribution < -0.4 is 0 Å². The van der Waals surface area contributed by atoms with Gasteiger partial charge in [0.1, 0.15) is 0 Å². The molecule has 112 valence electrons. The van der Waals surface area contributed by atoms with Crippen LogP contribution in [0.15, 0.2) is 12.2 Å². The minimum absolute atomic E-state index is 0.0210. The van der Waals surface area contributed by atoms with Crippen LogP contribution in [0.2, 0.25) is 0 Å². The zero-order chi connectivity index (χ0) is 15.1. The Hall–Kier alpha value is -1.36. The molecule has 0 radical (unpaired) electrons. The molecule has 0 saturated heterocycles. The van der Waals surface area contributed by atoms with E-state index in [4.69, 9.17) is 0 Å². The number of aliphatic carboxylic acids is 1. The Morgan fingerprint density at radius 3 is 2.25 bits per heavy atom. The summed E-state index contributed by atoms with van der Waals surface area (Å²) in [6, 6.07) is 0. The second kappa shape index (κ2) is 5.20. The molecule has 0 heterocycles. The van der Waals surface area contributed by atoms with Gasteiger partial charge in [-0.2, -0.15) is 0 Å². The average molecular weight is 281 g/mol. The van der Waals surface area contributed by atoms with E-state index < -0.39 is 23.4 Å². The van der Waals surface area contributed by atoms with Gasteiger partial charge in [-0.3, -0.25) is 9.59 Å². The van der Waals surface area contributed by atoms with Crippen LogP contribution in [0.3, 0.4) is 0 Å². The monoisotopic (exact) mass is 281 g/mol. The molecule has 2 N–H and O–H groups in total. The summed E-state index contributed by atoms with van der Waals surface area (Å²) in [6.45, 7) is 5.86. The summed E-state index contributed by atoms with van der Waals surface area (Å²) in [5.41, 5.74) is -0.974. The average Bonchev–Trinajstić information content (AvgIpc) is 2.93. The van der Waals surface area contributed by atoms with Crippen LogP contribution in [-0.4, -0.2) is 45.7 Å². The maximum absolute atomic E-state index is 12.7. The lowest BCUT2D eigenvalue weighted by Gasteiger charge is -2.33. The minimum Gasteiger partial charge on any atom is -0.481 e. The van der Waals surface area contributed by atoms with E-state index in [1.54, 1.807) is 18.7 Å². The molecular formula is C15H23NO4. The molecule has 4 atom stereocenters. The second-order valence-corrected chi connectivity index (χ2v) is 6.50. The number of carboxylic acid groups (broad SMARTS) is 1. The van der Waals surface area contributed by atoms with Gasteiger partial charge in [0.25, 0.3) is 0 Å². The van der Waals surface area contributed by atoms with Crippen molar-refractivity contribution in [2.24, 2.45) is 23.7 Å². The second-order valence-electron chi connectivity index (χ2n) is 6.50. The highest BCUT2D eigenvalue weighted by Crippen LogP contribution is 2.48. The third-order valence-corrected chi connectivity index (χ3v) is 4.30. The SMILES string of the molecule is CCN(CC(C)(C)O)C(=O)[C@H]1C2C=CC(C2)[C@H]1C(=O)O. The molecule has 0 spiro atoms. The molecule has 0 aliphatic heterocycles. The fourth-order valence-electron chi connectivity index (χ4n) is 3.52. The summed E-state index contributed by atoms with van der Waals surface area (Å²) in [5, 5.41) is 19.3. The zero-order valence-electron chi connectivity index (χ0n) is 12.2. The number of hydrogen-bond donors (Lipinski definition) is 2. The summed E-state index contributed by atoms with van der Waals surface area (Å²) in [5.74, 6) is -2.12. The van der Waals surface area contributed by atoms with E-state index in [-0.39, 0.29) is 24.3 Å². The maximum Gasteiger partial charge on any atom is 0.307 e. The predicted octanol–water partition coefficient (Wildman–Crippen LogP) is 1.13. The quantitative estimate of drug-likeness (QED) is 0.741. The van der Waals surface area contributed by atoms with Gasteiger partial charge in [0.05, 0.1) is 17.4 Å². The Bertz CT molecular complexity index is 438. The lowest BCUT2D eigenvalue weighted by atomic mass is 9.82. The van der Waals surface area contributed by atoms with Crippen molar-refractivity contribution < 1.29 is 19.8 Å². The van der Waals surface area contributed by atoms with Crippen LogP contribution in [0.1, 0.15) is 27.2 Å². The van der Waals surface area contributed by atoms with Crippen molar-refractivity contribution in [1.82, 2.24) is 4.90 Å². The molecule has 2 aliphatic rings. The van der Waals surface area contributed by atoms with Gasteiger partial charge in [0.15, 0.2) is 0 Å². The normalized spacial score (nSPS) is 31.6. The van der Waals surface area contributed by atoms with Gasteiger partial charge >= 0.3 is 5.97 Å². The number of fused-ring (bicyclic) bond motifs is 2. The van der Waals surface area contributed by atoms with Gasteiger partial charge in [-0.15, -0.1) is 0 Å². The summed E-state index contributed by atoms with van der Waals surface area (Å²) < 4.78 is 0. The smallest absolute Gasteiger partial charge is 0.307 e. The number of likely N-dealkylation sites (N-methyl/N-ethyl adjacent to an activating group) is 1. The Morgan fingerprint density at radius 1 is 1.25 bits per heavy atom.